The number of benzene rings is 2. The summed E-state index contributed by atoms with van der Waals surface area (Å²) in [6.07, 6.45) is 5.91. The molecule has 3 aromatic rings. The van der Waals surface area contributed by atoms with Crippen LogP contribution in [0.25, 0.3) is 0 Å². The van der Waals surface area contributed by atoms with E-state index in [2.05, 4.69) is 22.0 Å². The summed E-state index contributed by atoms with van der Waals surface area (Å²) in [7, 11) is 0. The molecule has 1 fully saturated rings. The first kappa shape index (κ1) is 21.7. The van der Waals surface area contributed by atoms with E-state index in [1.807, 2.05) is 36.4 Å². The second-order valence-corrected chi connectivity index (χ2v) is 9.70. The molecule has 1 aliphatic heterocycles. The number of aromatic nitrogens is 2. The number of hydrogen-bond donors (Lipinski definition) is 0. The van der Waals surface area contributed by atoms with Crippen molar-refractivity contribution in [3.8, 4) is 0 Å². The maximum Gasteiger partial charge on any atom is 0.243 e. The van der Waals surface area contributed by atoms with Crippen molar-refractivity contribution in [3.63, 3.8) is 0 Å². The van der Waals surface area contributed by atoms with Crippen LogP contribution in [0.5, 0.6) is 0 Å². The van der Waals surface area contributed by atoms with E-state index in [1.165, 1.54) is 19.3 Å². The second kappa shape index (κ2) is 9.05. The minimum atomic E-state index is -0.308. The number of halogens is 3. The van der Waals surface area contributed by atoms with Gasteiger partial charge in [0.2, 0.25) is 11.8 Å². The fraction of sp³-hybridized carbons (Fsp3) is 0.375. The van der Waals surface area contributed by atoms with Crippen LogP contribution in [0.15, 0.2) is 51.9 Å². The van der Waals surface area contributed by atoms with Gasteiger partial charge in [0.15, 0.2) is 6.04 Å². The Kier molecular flexibility index (Phi) is 6.15. The van der Waals surface area contributed by atoms with Gasteiger partial charge in [-0.2, -0.15) is 0 Å². The molecule has 0 saturated heterocycles. The van der Waals surface area contributed by atoms with Crippen molar-refractivity contribution in [1.29, 1.82) is 0 Å². The topological polar surface area (TPSA) is 54.5 Å². The highest BCUT2D eigenvalue weighted by Crippen LogP contribution is 2.39. The predicted molar refractivity (Wildman–Crippen MR) is 129 cm³/mol. The molecule has 32 heavy (non-hydrogen) atoms. The third-order valence-corrected chi connectivity index (χ3v) is 7.09. The minimum Gasteiger partial charge on any atom is -0.423 e. The Hall–Kier alpha value is -2.08. The highest BCUT2D eigenvalue weighted by molar-refractivity contribution is 6.37. The van der Waals surface area contributed by atoms with E-state index in [9.17, 15) is 0 Å². The summed E-state index contributed by atoms with van der Waals surface area (Å²) in [5.41, 5.74) is 1.76. The van der Waals surface area contributed by atoms with E-state index < -0.39 is 0 Å². The van der Waals surface area contributed by atoms with Crippen LogP contribution in [0.3, 0.4) is 0 Å². The number of rotatable bonds is 4. The number of amidine groups is 1. The zero-order valence-electron chi connectivity index (χ0n) is 17.6. The van der Waals surface area contributed by atoms with Crippen LogP contribution in [0.1, 0.15) is 68.3 Å². The summed E-state index contributed by atoms with van der Waals surface area (Å²) < 4.78 is 6.18. The predicted octanol–water partition coefficient (Wildman–Crippen LogP) is 7.47. The molecule has 2 atom stereocenters. The molecule has 166 valence electrons. The van der Waals surface area contributed by atoms with Crippen LogP contribution >= 0.6 is 34.8 Å². The van der Waals surface area contributed by atoms with Gasteiger partial charge in [-0.3, -0.25) is 4.99 Å². The Bertz CT molecular complexity index is 1140. The van der Waals surface area contributed by atoms with Crippen molar-refractivity contribution in [3.05, 3.63) is 74.9 Å². The molecule has 2 unspecified atom stereocenters. The highest BCUT2D eigenvalue weighted by Gasteiger charge is 2.39. The van der Waals surface area contributed by atoms with E-state index >= 15 is 0 Å². The maximum absolute atomic E-state index is 6.57. The van der Waals surface area contributed by atoms with Gasteiger partial charge in [0.05, 0.1) is 11.1 Å². The third-order valence-electron chi connectivity index (χ3n) is 6.29. The first-order valence-corrected chi connectivity index (χ1v) is 12.1. The Balaban J connectivity index is 1.54. The van der Waals surface area contributed by atoms with Crippen molar-refractivity contribution in [1.82, 2.24) is 10.2 Å². The van der Waals surface area contributed by atoms with Gasteiger partial charge in [-0.15, -0.1) is 10.2 Å². The number of aliphatic imine (C=N–C) groups is 1. The lowest BCUT2D eigenvalue weighted by molar-refractivity contribution is 0.338. The zero-order valence-corrected chi connectivity index (χ0v) is 19.9. The lowest BCUT2D eigenvalue weighted by Gasteiger charge is -2.27. The third kappa shape index (κ3) is 4.14. The van der Waals surface area contributed by atoms with Gasteiger partial charge in [0.1, 0.15) is 5.84 Å². The molecule has 2 aromatic carbocycles. The molecule has 0 N–H and O–H groups in total. The summed E-state index contributed by atoms with van der Waals surface area (Å²) in [5.74, 6) is 2.36. The maximum atomic E-state index is 6.57. The summed E-state index contributed by atoms with van der Waals surface area (Å²) >= 11 is 18.8. The van der Waals surface area contributed by atoms with E-state index in [0.717, 1.165) is 35.8 Å². The molecule has 0 amide bonds. The fourth-order valence-corrected chi connectivity index (χ4v) is 5.23. The molecule has 0 radical (unpaired) electrons. The van der Waals surface area contributed by atoms with Gasteiger partial charge >= 0.3 is 0 Å². The summed E-state index contributed by atoms with van der Waals surface area (Å²) in [4.78, 5) is 7.16. The smallest absolute Gasteiger partial charge is 0.243 e. The number of nitrogens with zero attached hydrogens (tertiary/aromatic N) is 4. The fourth-order valence-electron chi connectivity index (χ4n) is 4.61. The van der Waals surface area contributed by atoms with Crippen LogP contribution in [0, 0.1) is 0 Å². The van der Waals surface area contributed by atoms with Gasteiger partial charge in [-0.05, 0) is 62.2 Å². The normalized spacial score (nSPS) is 21.8. The molecule has 0 spiro atoms. The summed E-state index contributed by atoms with van der Waals surface area (Å²) in [5, 5.41) is 10.6. The number of anilines is 1. The Morgan fingerprint density at radius 1 is 0.875 bits per heavy atom. The molecule has 0 bridgehead atoms. The van der Waals surface area contributed by atoms with Crippen LogP contribution in [0.4, 0.5) is 5.69 Å². The Morgan fingerprint density at radius 2 is 1.56 bits per heavy atom. The quantitative estimate of drug-likeness (QED) is 0.381. The second-order valence-electron chi connectivity index (χ2n) is 8.42. The highest BCUT2D eigenvalue weighted by atomic mass is 35.5. The summed E-state index contributed by atoms with van der Waals surface area (Å²) in [6, 6.07) is 12.8. The first-order chi connectivity index (χ1) is 15.5. The average Bonchev–Trinajstić information content (AvgIpc) is 3.40. The lowest BCUT2D eigenvalue weighted by atomic mass is 9.89. The Labute approximate surface area is 202 Å². The average molecular weight is 490 g/mol. The zero-order chi connectivity index (χ0) is 22.2. The molecule has 1 aliphatic carbocycles. The van der Waals surface area contributed by atoms with Gasteiger partial charge in [-0.25, -0.2) is 0 Å². The molecule has 1 saturated carbocycles. The van der Waals surface area contributed by atoms with Crippen molar-refractivity contribution in [2.45, 2.75) is 57.0 Å². The van der Waals surface area contributed by atoms with Crippen molar-refractivity contribution < 1.29 is 4.42 Å². The van der Waals surface area contributed by atoms with Crippen molar-refractivity contribution in [2.75, 3.05) is 4.90 Å². The minimum absolute atomic E-state index is 0.0578. The van der Waals surface area contributed by atoms with E-state index in [1.54, 1.807) is 6.07 Å². The van der Waals surface area contributed by atoms with Gasteiger partial charge in [0.25, 0.3) is 0 Å². The summed E-state index contributed by atoms with van der Waals surface area (Å²) in [6.45, 7) is 2.10. The van der Waals surface area contributed by atoms with Crippen LogP contribution in [0.2, 0.25) is 15.1 Å². The largest absolute Gasteiger partial charge is 0.423 e. The first-order valence-electron chi connectivity index (χ1n) is 10.9. The van der Waals surface area contributed by atoms with E-state index in [4.69, 9.17) is 44.2 Å². The lowest BCUT2D eigenvalue weighted by Crippen LogP contribution is -2.36. The van der Waals surface area contributed by atoms with Crippen LogP contribution in [-0.2, 0) is 0 Å². The molecule has 8 heteroatoms. The van der Waals surface area contributed by atoms with Crippen molar-refractivity contribution >= 4 is 46.3 Å². The van der Waals surface area contributed by atoms with Crippen LogP contribution in [-0.4, -0.2) is 22.1 Å². The standard InChI is InChI=1S/C24H23Cl3N4O/c1-14-21(24-30-29-23(32-24)15-5-3-2-4-6-15)28-22(19-12-9-17(26)13-20(19)27)31(14)18-10-7-16(25)8-11-18/h7-15,21H,2-6H2,1H3. The van der Waals surface area contributed by atoms with Gasteiger partial charge < -0.3 is 9.32 Å². The molecule has 2 aliphatic rings. The molecule has 5 nitrogen and oxygen atoms in total. The van der Waals surface area contributed by atoms with E-state index in [0.29, 0.717) is 26.9 Å². The Morgan fingerprint density at radius 3 is 2.28 bits per heavy atom. The van der Waals surface area contributed by atoms with E-state index in [-0.39, 0.29) is 12.1 Å². The molecular weight excluding hydrogens is 467 g/mol. The van der Waals surface area contributed by atoms with Crippen molar-refractivity contribution in [2.24, 2.45) is 4.99 Å². The van der Waals surface area contributed by atoms with Crippen LogP contribution < -0.4 is 4.90 Å². The SMILES string of the molecule is CC1C(c2nnc(C3CCCCC3)o2)N=C(c2ccc(Cl)cc2Cl)N1c1ccc(Cl)cc1. The van der Waals surface area contributed by atoms with Gasteiger partial charge in [-0.1, -0.05) is 54.1 Å². The molecule has 1 aromatic heterocycles. The molecular formula is C24H23Cl3N4O. The number of hydrogen-bond acceptors (Lipinski definition) is 5. The monoisotopic (exact) mass is 488 g/mol. The molecule has 2 heterocycles. The van der Waals surface area contributed by atoms with Gasteiger partial charge in [0, 0.05) is 27.2 Å². The molecule has 5 rings (SSSR count).